The smallest absolute Gasteiger partial charge is 0.137 e. The number of hydrogen-bond donors (Lipinski definition) is 1. The maximum absolute atomic E-state index is 5.53. The predicted molar refractivity (Wildman–Crippen MR) is 87.1 cm³/mol. The van der Waals surface area contributed by atoms with Crippen LogP contribution >= 0.6 is 0 Å². The van der Waals surface area contributed by atoms with Crippen LogP contribution in [-0.2, 0) is 0 Å². The summed E-state index contributed by atoms with van der Waals surface area (Å²) in [6.07, 6.45) is 3.62. The van der Waals surface area contributed by atoms with Gasteiger partial charge in [0, 0.05) is 26.0 Å². The molecule has 112 valence electrons. The van der Waals surface area contributed by atoms with Crippen molar-refractivity contribution in [3.8, 4) is 5.75 Å². The molecule has 1 N–H and O–H groups in total. The van der Waals surface area contributed by atoms with Crippen molar-refractivity contribution in [1.82, 2.24) is 10.3 Å². The Hall–Kier alpha value is -2.07. The van der Waals surface area contributed by atoms with Crippen molar-refractivity contribution in [3.63, 3.8) is 0 Å². The molecule has 1 unspecified atom stereocenters. The van der Waals surface area contributed by atoms with Gasteiger partial charge in [-0.15, -0.1) is 0 Å². The van der Waals surface area contributed by atoms with Gasteiger partial charge in [-0.1, -0.05) is 12.1 Å². The molecular weight excluding hydrogens is 262 g/mol. The Kier molecular flexibility index (Phi) is 5.17. The first-order chi connectivity index (χ1) is 10.2. The molecule has 0 aliphatic carbocycles. The summed E-state index contributed by atoms with van der Waals surface area (Å²) in [7, 11) is 6.04. The second-order valence-electron chi connectivity index (χ2n) is 5.09. The third-order valence-corrected chi connectivity index (χ3v) is 3.41. The van der Waals surface area contributed by atoms with Gasteiger partial charge in [0.15, 0.2) is 0 Å². The number of aromatic nitrogens is 1. The summed E-state index contributed by atoms with van der Waals surface area (Å²) in [6.45, 7) is 2.62. The number of ether oxygens (including phenoxy) is 1. The van der Waals surface area contributed by atoms with E-state index in [1.807, 2.05) is 40.3 Å². The van der Waals surface area contributed by atoms with Crippen LogP contribution in [0.1, 0.15) is 24.1 Å². The predicted octanol–water partition coefficient (Wildman–Crippen LogP) is 2.86. The third-order valence-electron chi connectivity index (χ3n) is 3.41. The van der Waals surface area contributed by atoms with Crippen LogP contribution in [0.2, 0.25) is 0 Å². The highest BCUT2D eigenvalue weighted by Gasteiger charge is 2.13. The van der Waals surface area contributed by atoms with Crippen molar-refractivity contribution >= 4 is 5.69 Å². The first kappa shape index (κ1) is 15.3. The molecule has 0 amide bonds. The molecule has 0 saturated heterocycles. The monoisotopic (exact) mass is 285 g/mol. The molecule has 1 aromatic carbocycles. The van der Waals surface area contributed by atoms with Crippen LogP contribution in [-0.4, -0.2) is 32.7 Å². The molecular formula is C17H23N3O. The highest BCUT2D eigenvalue weighted by molar-refractivity contribution is 5.47. The van der Waals surface area contributed by atoms with Crippen LogP contribution in [0.5, 0.6) is 5.75 Å². The Morgan fingerprint density at radius 2 is 1.86 bits per heavy atom. The second kappa shape index (κ2) is 7.09. The first-order valence-electron chi connectivity index (χ1n) is 7.18. The van der Waals surface area contributed by atoms with Gasteiger partial charge >= 0.3 is 0 Å². The van der Waals surface area contributed by atoms with Crippen molar-refractivity contribution in [2.75, 3.05) is 32.6 Å². The average Bonchev–Trinajstić information content (AvgIpc) is 2.49. The van der Waals surface area contributed by atoms with E-state index in [0.717, 1.165) is 11.3 Å². The minimum atomic E-state index is 0.106. The molecule has 4 heteroatoms. The highest BCUT2D eigenvalue weighted by Crippen LogP contribution is 2.25. The average molecular weight is 285 g/mol. The summed E-state index contributed by atoms with van der Waals surface area (Å²) in [5.74, 6) is 0.806. The molecule has 4 nitrogen and oxygen atoms in total. The maximum Gasteiger partial charge on any atom is 0.137 e. The lowest BCUT2D eigenvalue weighted by atomic mass is 10.00. The van der Waals surface area contributed by atoms with Crippen molar-refractivity contribution in [2.24, 2.45) is 0 Å². The van der Waals surface area contributed by atoms with Gasteiger partial charge in [-0.05, 0) is 43.3 Å². The molecule has 0 fully saturated rings. The molecule has 1 aromatic heterocycles. The lowest BCUT2D eigenvalue weighted by Gasteiger charge is -2.19. The van der Waals surface area contributed by atoms with Crippen molar-refractivity contribution in [1.29, 1.82) is 0 Å². The number of pyridine rings is 1. The van der Waals surface area contributed by atoms with Crippen molar-refractivity contribution in [3.05, 3.63) is 53.9 Å². The Morgan fingerprint density at radius 3 is 2.43 bits per heavy atom. The number of nitrogens with zero attached hydrogens (tertiary/aromatic N) is 2. The SMILES string of the molecule is CCOc1cncc(C(NC)c2ccc(N(C)C)cc2)c1. The maximum atomic E-state index is 5.53. The molecule has 2 aromatic rings. The number of nitrogens with one attached hydrogen (secondary N) is 1. The lowest BCUT2D eigenvalue weighted by molar-refractivity contribution is 0.338. The van der Waals surface area contributed by atoms with Crippen molar-refractivity contribution in [2.45, 2.75) is 13.0 Å². The van der Waals surface area contributed by atoms with E-state index >= 15 is 0 Å². The standard InChI is InChI=1S/C17H23N3O/c1-5-21-16-10-14(11-19-12-16)17(18-2)13-6-8-15(9-7-13)20(3)4/h6-12,17-18H,5H2,1-4H3. The van der Waals surface area contributed by atoms with Gasteiger partial charge in [0.05, 0.1) is 18.8 Å². The van der Waals surface area contributed by atoms with E-state index < -0.39 is 0 Å². The lowest BCUT2D eigenvalue weighted by Crippen LogP contribution is -2.18. The number of hydrogen-bond acceptors (Lipinski definition) is 4. The topological polar surface area (TPSA) is 37.4 Å². The summed E-state index contributed by atoms with van der Waals surface area (Å²) < 4.78 is 5.53. The van der Waals surface area contributed by atoms with Gasteiger partial charge in [-0.25, -0.2) is 0 Å². The molecule has 0 aliphatic rings. The molecule has 0 spiro atoms. The van der Waals surface area contributed by atoms with Gasteiger partial charge in [0.2, 0.25) is 0 Å². The summed E-state index contributed by atoms with van der Waals surface area (Å²) >= 11 is 0. The fourth-order valence-corrected chi connectivity index (χ4v) is 2.33. The van der Waals surface area contributed by atoms with Crippen LogP contribution in [0.25, 0.3) is 0 Å². The zero-order chi connectivity index (χ0) is 15.2. The fourth-order valence-electron chi connectivity index (χ4n) is 2.33. The van der Waals surface area contributed by atoms with Gasteiger partial charge in [-0.2, -0.15) is 0 Å². The molecule has 2 rings (SSSR count). The summed E-state index contributed by atoms with van der Waals surface area (Å²) in [5, 5.41) is 3.34. The van der Waals surface area contributed by atoms with Gasteiger partial charge < -0.3 is 15.0 Å². The summed E-state index contributed by atoms with van der Waals surface area (Å²) in [5.41, 5.74) is 3.49. The van der Waals surface area contributed by atoms with E-state index in [1.165, 1.54) is 11.3 Å². The van der Waals surface area contributed by atoms with Crippen LogP contribution in [0.4, 0.5) is 5.69 Å². The Morgan fingerprint density at radius 1 is 1.14 bits per heavy atom. The number of rotatable bonds is 6. The van der Waals surface area contributed by atoms with E-state index in [-0.39, 0.29) is 6.04 Å². The van der Waals surface area contributed by atoms with E-state index in [4.69, 9.17) is 4.74 Å². The Bertz CT molecular complexity index is 567. The fraction of sp³-hybridized carbons (Fsp3) is 0.353. The molecule has 21 heavy (non-hydrogen) atoms. The van der Waals surface area contributed by atoms with E-state index in [9.17, 15) is 0 Å². The highest BCUT2D eigenvalue weighted by atomic mass is 16.5. The third kappa shape index (κ3) is 3.73. The summed E-state index contributed by atoms with van der Waals surface area (Å²) in [6, 6.07) is 10.7. The largest absolute Gasteiger partial charge is 0.492 e. The van der Waals surface area contributed by atoms with Crippen molar-refractivity contribution < 1.29 is 4.74 Å². The first-order valence-corrected chi connectivity index (χ1v) is 7.18. The van der Waals surface area contributed by atoms with Gasteiger partial charge in [0.25, 0.3) is 0 Å². The van der Waals surface area contributed by atoms with E-state index in [0.29, 0.717) is 6.61 Å². The minimum Gasteiger partial charge on any atom is -0.492 e. The molecule has 1 atom stereocenters. The summed E-state index contributed by atoms with van der Waals surface area (Å²) in [4.78, 5) is 6.36. The van der Waals surface area contributed by atoms with Crippen LogP contribution in [0.3, 0.4) is 0 Å². The van der Waals surface area contributed by atoms with Crippen LogP contribution in [0, 0.1) is 0 Å². The molecule has 1 heterocycles. The van der Waals surface area contributed by atoms with E-state index in [2.05, 4.69) is 39.5 Å². The van der Waals surface area contributed by atoms with E-state index in [1.54, 1.807) is 6.20 Å². The quantitative estimate of drug-likeness (QED) is 0.885. The molecule has 0 saturated carbocycles. The zero-order valence-electron chi connectivity index (χ0n) is 13.1. The number of benzene rings is 1. The second-order valence-corrected chi connectivity index (χ2v) is 5.09. The van der Waals surface area contributed by atoms with Gasteiger partial charge in [0.1, 0.15) is 5.75 Å². The minimum absolute atomic E-state index is 0.106. The number of anilines is 1. The molecule has 0 aliphatic heterocycles. The Labute approximate surface area is 126 Å². The van der Waals surface area contributed by atoms with Gasteiger partial charge in [-0.3, -0.25) is 4.98 Å². The molecule has 0 radical (unpaired) electrons. The zero-order valence-corrected chi connectivity index (χ0v) is 13.1. The Balaban J connectivity index is 2.28. The normalized spacial score (nSPS) is 12.0. The molecule has 0 bridgehead atoms. The van der Waals surface area contributed by atoms with Crippen LogP contribution < -0.4 is 15.0 Å². The van der Waals surface area contributed by atoms with Crippen LogP contribution in [0.15, 0.2) is 42.7 Å².